The Morgan fingerprint density at radius 3 is 2.06 bits per heavy atom. The van der Waals surface area contributed by atoms with Crippen molar-refractivity contribution in [2.24, 2.45) is 0 Å². The first-order chi connectivity index (χ1) is 15.2. The molecule has 2 amide bonds. The summed E-state index contributed by atoms with van der Waals surface area (Å²) in [7, 11) is 0. The highest BCUT2D eigenvalue weighted by molar-refractivity contribution is 5.95. The van der Waals surface area contributed by atoms with Crippen LogP contribution in [0.5, 0.6) is 11.5 Å². The van der Waals surface area contributed by atoms with Gasteiger partial charge in [0.25, 0.3) is 5.91 Å². The van der Waals surface area contributed by atoms with Crippen molar-refractivity contribution >= 4 is 23.2 Å². The van der Waals surface area contributed by atoms with E-state index in [4.69, 9.17) is 4.74 Å². The van der Waals surface area contributed by atoms with Gasteiger partial charge in [0.05, 0.1) is 6.54 Å². The lowest BCUT2D eigenvalue weighted by molar-refractivity contribution is -0.114. The molecule has 0 aliphatic carbocycles. The molecule has 0 saturated carbocycles. The van der Waals surface area contributed by atoms with Crippen molar-refractivity contribution in [2.75, 3.05) is 30.3 Å². The molecule has 0 bridgehead atoms. The molecule has 158 valence electrons. The summed E-state index contributed by atoms with van der Waals surface area (Å²) in [6.45, 7) is 1.79. The third-order valence-electron chi connectivity index (χ3n) is 5.10. The van der Waals surface area contributed by atoms with Crippen LogP contribution in [0.3, 0.4) is 0 Å². The highest BCUT2D eigenvalue weighted by Gasteiger charge is 2.19. The number of ether oxygens (including phenoxy) is 1. The number of carbonyl (C=O) groups excluding carboxylic acids is 2. The van der Waals surface area contributed by atoms with Gasteiger partial charge in [-0.25, -0.2) is 0 Å². The molecule has 0 spiro atoms. The lowest BCUT2D eigenvalue weighted by atomic mass is 10.2. The number of hydrogen-bond donors (Lipinski definition) is 2. The lowest BCUT2D eigenvalue weighted by Gasteiger charge is -2.15. The third-order valence-corrected chi connectivity index (χ3v) is 5.10. The predicted octanol–water partition coefficient (Wildman–Crippen LogP) is 4.77. The van der Waals surface area contributed by atoms with Gasteiger partial charge in [-0.2, -0.15) is 0 Å². The average molecular weight is 415 g/mol. The molecule has 0 unspecified atom stereocenters. The summed E-state index contributed by atoms with van der Waals surface area (Å²) in [5, 5.41) is 5.93. The summed E-state index contributed by atoms with van der Waals surface area (Å²) >= 11 is 0. The van der Waals surface area contributed by atoms with Crippen molar-refractivity contribution < 1.29 is 14.3 Å². The fourth-order valence-corrected chi connectivity index (χ4v) is 3.45. The third kappa shape index (κ3) is 5.63. The van der Waals surface area contributed by atoms with E-state index in [-0.39, 0.29) is 18.4 Å². The summed E-state index contributed by atoms with van der Waals surface area (Å²) in [5.41, 5.74) is 2.16. The van der Waals surface area contributed by atoms with Gasteiger partial charge in [0.15, 0.2) is 0 Å². The number of rotatable bonds is 7. The summed E-state index contributed by atoms with van der Waals surface area (Å²) < 4.78 is 5.75. The van der Waals surface area contributed by atoms with E-state index >= 15 is 0 Å². The first kappa shape index (κ1) is 20.5. The fourth-order valence-electron chi connectivity index (χ4n) is 3.45. The minimum Gasteiger partial charge on any atom is -0.457 e. The van der Waals surface area contributed by atoms with Crippen LogP contribution in [0.1, 0.15) is 23.2 Å². The fraction of sp³-hybridized carbons (Fsp3) is 0.200. The Hall–Kier alpha value is -3.80. The Labute approximate surface area is 181 Å². The van der Waals surface area contributed by atoms with Gasteiger partial charge in [0, 0.05) is 30.0 Å². The van der Waals surface area contributed by atoms with E-state index in [1.165, 1.54) is 0 Å². The van der Waals surface area contributed by atoms with E-state index in [0.717, 1.165) is 37.4 Å². The number of nitrogens with one attached hydrogen (secondary N) is 2. The van der Waals surface area contributed by atoms with E-state index < -0.39 is 0 Å². The van der Waals surface area contributed by atoms with Crippen molar-refractivity contribution in [3.8, 4) is 11.5 Å². The highest BCUT2D eigenvalue weighted by Crippen LogP contribution is 2.22. The van der Waals surface area contributed by atoms with Gasteiger partial charge in [0.1, 0.15) is 11.5 Å². The molecule has 3 aromatic carbocycles. The minimum atomic E-state index is -0.158. The standard InChI is InChI=1S/C25H25N3O3/c29-24(27-21-12-14-23(15-13-21)31-22-6-2-1-3-7-22)18-26-20-10-8-19(9-11-20)25(30)28-16-4-5-17-28/h1-3,6-15,26H,4-5,16-18H2,(H,27,29). The van der Waals surface area contributed by atoms with Crippen LogP contribution in [0.15, 0.2) is 78.9 Å². The van der Waals surface area contributed by atoms with Crippen LogP contribution in [-0.2, 0) is 4.79 Å². The van der Waals surface area contributed by atoms with E-state index in [1.807, 2.05) is 59.5 Å². The first-order valence-corrected chi connectivity index (χ1v) is 10.4. The maximum absolute atomic E-state index is 12.4. The molecule has 1 saturated heterocycles. The monoisotopic (exact) mass is 415 g/mol. The van der Waals surface area contributed by atoms with Crippen LogP contribution in [-0.4, -0.2) is 36.3 Å². The first-order valence-electron chi connectivity index (χ1n) is 10.4. The molecule has 1 aliphatic rings. The molecule has 2 N–H and O–H groups in total. The smallest absolute Gasteiger partial charge is 0.253 e. The van der Waals surface area contributed by atoms with Gasteiger partial charge in [-0.3, -0.25) is 9.59 Å². The number of anilines is 2. The molecule has 31 heavy (non-hydrogen) atoms. The van der Waals surface area contributed by atoms with Gasteiger partial charge in [0.2, 0.25) is 5.91 Å². The minimum absolute atomic E-state index is 0.0708. The second-order valence-corrected chi connectivity index (χ2v) is 7.42. The molecule has 4 rings (SSSR count). The molecule has 1 fully saturated rings. The zero-order valence-corrected chi connectivity index (χ0v) is 17.2. The number of amides is 2. The summed E-state index contributed by atoms with van der Waals surface area (Å²) in [5.74, 6) is 1.37. The Kier molecular flexibility index (Phi) is 6.47. The van der Waals surface area contributed by atoms with Gasteiger partial charge >= 0.3 is 0 Å². The lowest BCUT2D eigenvalue weighted by Crippen LogP contribution is -2.27. The molecule has 6 heteroatoms. The number of likely N-dealkylation sites (tertiary alicyclic amines) is 1. The van der Waals surface area contributed by atoms with Crippen molar-refractivity contribution in [1.29, 1.82) is 0 Å². The largest absolute Gasteiger partial charge is 0.457 e. The van der Waals surface area contributed by atoms with Crippen LogP contribution < -0.4 is 15.4 Å². The van der Waals surface area contributed by atoms with E-state index in [9.17, 15) is 9.59 Å². The Balaban J connectivity index is 1.25. The van der Waals surface area contributed by atoms with E-state index in [2.05, 4.69) is 10.6 Å². The maximum atomic E-state index is 12.4. The summed E-state index contributed by atoms with van der Waals surface area (Å²) in [4.78, 5) is 26.5. The van der Waals surface area contributed by atoms with Crippen LogP contribution in [0.2, 0.25) is 0 Å². The molecule has 1 aliphatic heterocycles. The number of para-hydroxylation sites is 1. The van der Waals surface area contributed by atoms with E-state index in [1.54, 1.807) is 24.3 Å². The quantitative estimate of drug-likeness (QED) is 0.583. The molecule has 0 radical (unpaired) electrons. The van der Waals surface area contributed by atoms with Crippen LogP contribution in [0, 0.1) is 0 Å². The number of nitrogens with zero attached hydrogens (tertiary/aromatic N) is 1. The van der Waals surface area contributed by atoms with Crippen molar-refractivity contribution in [2.45, 2.75) is 12.8 Å². The molecule has 0 aromatic heterocycles. The van der Waals surface area contributed by atoms with Gasteiger partial charge in [-0.15, -0.1) is 0 Å². The Bertz CT molecular complexity index is 1010. The molecule has 0 atom stereocenters. The second kappa shape index (κ2) is 9.80. The molecule has 1 heterocycles. The van der Waals surface area contributed by atoms with Crippen molar-refractivity contribution in [3.63, 3.8) is 0 Å². The predicted molar refractivity (Wildman–Crippen MR) is 122 cm³/mol. The highest BCUT2D eigenvalue weighted by atomic mass is 16.5. The number of hydrogen-bond acceptors (Lipinski definition) is 4. The van der Waals surface area contributed by atoms with Crippen LogP contribution in [0.25, 0.3) is 0 Å². The maximum Gasteiger partial charge on any atom is 0.253 e. The summed E-state index contributed by atoms with van der Waals surface area (Å²) in [6, 6.07) is 24.0. The topological polar surface area (TPSA) is 70.7 Å². The zero-order valence-electron chi connectivity index (χ0n) is 17.2. The Morgan fingerprint density at radius 2 is 1.39 bits per heavy atom. The zero-order chi connectivity index (χ0) is 21.5. The van der Waals surface area contributed by atoms with Gasteiger partial charge < -0.3 is 20.3 Å². The molecular weight excluding hydrogens is 390 g/mol. The number of carbonyl (C=O) groups is 2. The SMILES string of the molecule is O=C(CNc1ccc(C(=O)N2CCCC2)cc1)Nc1ccc(Oc2ccccc2)cc1. The van der Waals surface area contributed by atoms with Crippen LogP contribution >= 0.6 is 0 Å². The molecular formula is C25H25N3O3. The van der Waals surface area contributed by atoms with E-state index in [0.29, 0.717) is 17.0 Å². The molecule has 6 nitrogen and oxygen atoms in total. The number of benzene rings is 3. The Morgan fingerprint density at radius 1 is 0.774 bits per heavy atom. The summed E-state index contributed by atoms with van der Waals surface area (Å²) in [6.07, 6.45) is 2.15. The second-order valence-electron chi connectivity index (χ2n) is 7.42. The van der Waals surface area contributed by atoms with Crippen LogP contribution in [0.4, 0.5) is 11.4 Å². The average Bonchev–Trinajstić information content (AvgIpc) is 3.35. The van der Waals surface area contributed by atoms with Gasteiger partial charge in [-0.05, 0) is 73.5 Å². The van der Waals surface area contributed by atoms with Gasteiger partial charge in [-0.1, -0.05) is 18.2 Å². The normalized spacial score (nSPS) is 13.0. The molecule has 3 aromatic rings. The van der Waals surface area contributed by atoms with Crippen molar-refractivity contribution in [3.05, 3.63) is 84.4 Å². The van der Waals surface area contributed by atoms with Crippen molar-refractivity contribution in [1.82, 2.24) is 4.90 Å².